The summed E-state index contributed by atoms with van der Waals surface area (Å²) < 4.78 is 0. The number of allylic oxidation sites excluding steroid dienone is 2. The van der Waals surface area contributed by atoms with E-state index >= 15 is 0 Å². The molecule has 0 aromatic rings. The van der Waals surface area contributed by atoms with Gasteiger partial charge in [-0.25, -0.2) is 0 Å². The van der Waals surface area contributed by atoms with Gasteiger partial charge in [0.25, 0.3) is 0 Å². The second-order valence-corrected chi connectivity index (χ2v) is 5.86. The van der Waals surface area contributed by atoms with E-state index in [4.69, 9.17) is 5.11 Å². The molecule has 0 heterocycles. The van der Waals surface area contributed by atoms with E-state index in [1.165, 1.54) is 70.6 Å². The van der Waals surface area contributed by atoms with Crippen LogP contribution in [0.2, 0.25) is 0 Å². The molecule has 2 N–H and O–H groups in total. The quantitative estimate of drug-likeness (QED) is 0.328. The van der Waals surface area contributed by atoms with Crippen LogP contribution in [0.4, 0.5) is 0 Å². The Morgan fingerprint density at radius 1 is 0.750 bits per heavy atom. The van der Waals surface area contributed by atoms with Gasteiger partial charge in [0.2, 0.25) is 0 Å². The van der Waals surface area contributed by atoms with Crippen LogP contribution < -0.4 is 0 Å². The second kappa shape index (κ2) is 16.7. The molecular formula is C18H36O2. The first-order valence-corrected chi connectivity index (χ1v) is 8.75. The summed E-state index contributed by atoms with van der Waals surface area (Å²) >= 11 is 0. The Labute approximate surface area is 126 Å². The van der Waals surface area contributed by atoms with E-state index in [1.807, 2.05) is 0 Å². The van der Waals surface area contributed by atoms with Crippen LogP contribution in [-0.2, 0) is 0 Å². The van der Waals surface area contributed by atoms with Crippen molar-refractivity contribution in [3.8, 4) is 0 Å². The van der Waals surface area contributed by atoms with Gasteiger partial charge in [-0.15, -0.1) is 0 Å². The molecule has 0 rings (SSSR count). The first-order chi connectivity index (χ1) is 9.81. The van der Waals surface area contributed by atoms with Crippen LogP contribution in [0.5, 0.6) is 0 Å². The molecule has 0 bridgehead atoms. The SMILES string of the molecule is CCCCCCCC/C=C\CCCCCCC(O)CO. The average molecular weight is 284 g/mol. The van der Waals surface area contributed by atoms with E-state index in [0.29, 0.717) is 0 Å². The molecule has 2 nitrogen and oxygen atoms in total. The van der Waals surface area contributed by atoms with Crippen molar-refractivity contribution in [2.45, 2.75) is 96.5 Å². The molecule has 2 heteroatoms. The van der Waals surface area contributed by atoms with Crippen molar-refractivity contribution in [2.75, 3.05) is 6.61 Å². The Morgan fingerprint density at radius 2 is 1.25 bits per heavy atom. The first kappa shape index (κ1) is 19.7. The molecule has 0 saturated carbocycles. The smallest absolute Gasteiger partial charge is 0.0770 e. The third kappa shape index (κ3) is 15.7. The average Bonchev–Trinajstić information content (AvgIpc) is 2.47. The maximum Gasteiger partial charge on any atom is 0.0770 e. The summed E-state index contributed by atoms with van der Waals surface area (Å²) in [6.45, 7) is 2.17. The highest BCUT2D eigenvalue weighted by atomic mass is 16.3. The van der Waals surface area contributed by atoms with Crippen LogP contribution in [0.3, 0.4) is 0 Å². The van der Waals surface area contributed by atoms with Crippen LogP contribution in [0.25, 0.3) is 0 Å². The zero-order chi connectivity index (χ0) is 14.9. The lowest BCUT2D eigenvalue weighted by Crippen LogP contribution is -2.10. The van der Waals surface area contributed by atoms with Crippen LogP contribution in [0, 0.1) is 0 Å². The van der Waals surface area contributed by atoms with Gasteiger partial charge in [0.05, 0.1) is 12.7 Å². The van der Waals surface area contributed by atoms with E-state index in [1.54, 1.807) is 0 Å². The molecule has 0 saturated heterocycles. The highest BCUT2D eigenvalue weighted by Crippen LogP contribution is 2.09. The van der Waals surface area contributed by atoms with Gasteiger partial charge in [-0.3, -0.25) is 0 Å². The van der Waals surface area contributed by atoms with E-state index in [2.05, 4.69) is 19.1 Å². The predicted molar refractivity (Wildman–Crippen MR) is 87.9 cm³/mol. The van der Waals surface area contributed by atoms with Gasteiger partial charge in [0.15, 0.2) is 0 Å². The Kier molecular flexibility index (Phi) is 16.4. The molecule has 0 aliphatic carbocycles. The second-order valence-electron chi connectivity index (χ2n) is 5.86. The lowest BCUT2D eigenvalue weighted by molar-refractivity contribution is 0.0860. The van der Waals surface area contributed by atoms with Gasteiger partial charge >= 0.3 is 0 Å². The number of unbranched alkanes of at least 4 members (excludes halogenated alkanes) is 10. The molecule has 0 aliphatic heterocycles. The lowest BCUT2D eigenvalue weighted by Gasteiger charge is -2.05. The molecule has 120 valence electrons. The highest BCUT2D eigenvalue weighted by molar-refractivity contribution is 4.81. The van der Waals surface area contributed by atoms with Gasteiger partial charge in [0.1, 0.15) is 0 Å². The summed E-state index contributed by atoms with van der Waals surface area (Å²) in [5.41, 5.74) is 0. The molecule has 0 amide bonds. The Morgan fingerprint density at radius 3 is 1.80 bits per heavy atom. The van der Waals surface area contributed by atoms with Crippen LogP contribution >= 0.6 is 0 Å². The molecule has 1 atom stereocenters. The monoisotopic (exact) mass is 284 g/mol. The number of hydrogen-bond acceptors (Lipinski definition) is 2. The normalized spacial score (nSPS) is 13.2. The fourth-order valence-electron chi connectivity index (χ4n) is 2.37. The van der Waals surface area contributed by atoms with Crippen molar-refractivity contribution in [2.24, 2.45) is 0 Å². The molecule has 0 radical (unpaired) electrons. The van der Waals surface area contributed by atoms with E-state index in [0.717, 1.165) is 12.8 Å². The molecule has 0 aromatic carbocycles. The number of aliphatic hydroxyl groups is 2. The van der Waals surface area contributed by atoms with Gasteiger partial charge in [-0.05, 0) is 32.1 Å². The Bertz CT molecular complexity index is 202. The molecule has 0 spiro atoms. The van der Waals surface area contributed by atoms with Gasteiger partial charge < -0.3 is 10.2 Å². The lowest BCUT2D eigenvalue weighted by atomic mass is 10.1. The highest BCUT2D eigenvalue weighted by Gasteiger charge is 2.00. The molecule has 20 heavy (non-hydrogen) atoms. The van der Waals surface area contributed by atoms with E-state index in [-0.39, 0.29) is 6.61 Å². The molecular weight excluding hydrogens is 248 g/mol. The predicted octanol–water partition coefficient (Wildman–Crippen LogP) is 4.99. The number of hydrogen-bond donors (Lipinski definition) is 2. The number of aliphatic hydroxyl groups excluding tert-OH is 2. The minimum atomic E-state index is -0.507. The maximum atomic E-state index is 9.19. The summed E-state index contributed by atoms with van der Waals surface area (Å²) in [6.07, 6.45) is 20.3. The Hall–Kier alpha value is -0.340. The van der Waals surface area contributed by atoms with E-state index < -0.39 is 6.10 Å². The largest absolute Gasteiger partial charge is 0.394 e. The van der Waals surface area contributed by atoms with Gasteiger partial charge in [0, 0.05) is 0 Å². The minimum absolute atomic E-state index is 0.0960. The molecule has 1 unspecified atom stereocenters. The zero-order valence-electron chi connectivity index (χ0n) is 13.5. The van der Waals surface area contributed by atoms with Crippen molar-refractivity contribution in [1.82, 2.24) is 0 Å². The third-order valence-electron chi connectivity index (χ3n) is 3.76. The fourth-order valence-corrected chi connectivity index (χ4v) is 2.37. The maximum absolute atomic E-state index is 9.19. The molecule has 0 aliphatic rings. The summed E-state index contributed by atoms with van der Waals surface area (Å²) in [6, 6.07) is 0. The minimum Gasteiger partial charge on any atom is -0.394 e. The Balaban J connectivity index is 3.09. The van der Waals surface area contributed by atoms with Crippen LogP contribution in [0.15, 0.2) is 12.2 Å². The van der Waals surface area contributed by atoms with Gasteiger partial charge in [-0.1, -0.05) is 70.4 Å². The molecule has 0 fully saturated rings. The van der Waals surface area contributed by atoms with Crippen molar-refractivity contribution >= 4 is 0 Å². The van der Waals surface area contributed by atoms with Crippen molar-refractivity contribution in [3.05, 3.63) is 12.2 Å². The third-order valence-corrected chi connectivity index (χ3v) is 3.76. The van der Waals surface area contributed by atoms with Crippen LogP contribution in [0.1, 0.15) is 90.4 Å². The standard InChI is InChI=1S/C18H36O2/c1-2-3-4-5-6-7-8-9-10-11-12-13-14-15-16-18(20)17-19/h9-10,18-20H,2-8,11-17H2,1H3/b10-9-. The first-order valence-electron chi connectivity index (χ1n) is 8.75. The summed E-state index contributed by atoms with van der Waals surface area (Å²) in [5, 5.41) is 17.9. The van der Waals surface area contributed by atoms with Gasteiger partial charge in [-0.2, -0.15) is 0 Å². The van der Waals surface area contributed by atoms with Crippen molar-refractivity contribution in [1.29, 1.82) is 0 Å². The van der Waals surface area contributed by atoms with Crippen molar-refractivity contribution in [3.63, 3.8) is 0 Å². The van der Waals surface area contributed by atoms with Crippen LogP contribution in [-0.4, -0.2) is 22.9 Å². The van der Waals surface area contributed by atoms with Crippen molar-refractivity contribution < 1.29 is 10.2 Å². The van der Waals surface area contributed by atoms with E-state index in [9.17, 15) is 5.11 Å². The summed E-state index contributed by atoms with van der Waals surface area (Å²) in [4.78, 5) is 0. The topological polar surface area (TPSA) is 40.5 Å². The number of rotatable bonds is 15. The zero-order valence-corrected chi connectivity index (χ0v) is 13.5. The molecule has 0 aromatic heterocycles. The fraction of sp³-hybridized carbons (Fsp3) is 0.889. The summed E-state index contributed by atoms with van der Waals surface area (Å²) in [7, 11) is 0. The summed E-state index contributed by atoms with van der Waals surface area (Å²) in [5.74, 6) is 0.